The van der Waals surface area contributed by atoms with Crippen molar-refractivity contribution in [3.05, 3.63) is 32.6 Å². The Labute approximate surface area is 149 Å². The second kappa shape index (κ2) is 8.30. The molecule has 25 heavy (non-hydrogen) atoms. The number of carbonyl (C=O) groups excluding carboxylic acids is 1. The first-order valence-electron chi connectivity index (χ1n) is 7.88. The summed E-state index contributed by atoms with van der Waals surface area (Å²) in [5.74, 6) is 0.0591. The number of pyridine rings is 1. The van der Waals surface area contributed by atoms with E-state index < -0.39 is 11.2 Å². The number of aryl methyl sites for hydroxylation is 1. The van der Waals surface area contributed by atoms with Gasteiger partial charge in [-0.1, -0.05) is 6.92 Å². The number of methoxy groups -OCH3 is 1. The molecule has 1 amide bonds. The number of nitrogens with zero attached hydrogens (tertiary/aromatic N) is 3. The first-order chi connectivity index (χ1) is 11.9. The molecule has 2 aromatic heterocycles. The van der Waals surface area contributed by atoms with Crippen molar-refractivity contribution in [3.63, 3.8) is 0 Å². The number of rotatable bonds is 7. The van der Waals surface area contributed by atoms with Crippen molar-refractivity contribution in [3.8, 4) is 0 Å². The van der Waals surface area contributed by atoms with Crippen molar-refractivity contribution in [1.29, 1.82) is 0 Å². The number of hydrogen-bond donors (Lipinski definition) is 1. The van der Waals surface area contributed by atoms with Gasteiger partial charge in [0.05, 0.1) is 17.7 Å². The SMILES string of the molecule is CCCNC(=O)CSc1c(COC)cnc2c1c(=O)n(C)c(=O)n2C. The minimum absolute atomic E-state index is 0.109. The van der Waals surface area contributed by atoms with Crippen molar-refractivity contribution in [2.75, 3.05) is 19.4 Å². The molecule has 2 rings (SSSR count). The van der Waals surface area contributed by atoms with Gasteiger partial charge in [-0.25, -0.2) is 9.78 Å². The Morgan fingerprint density at radius 2 is 2.04 bits per heavy atom. The van der Waals surface area contributed by atoms with Crippen molar-refractivity contribution in [1.82, 2.24) is 19.4 Å². The molecule has 0 aliphatic rings. The van der Waals surface area contributed by atoms with Crippen LogP contribution in [0.5, 0.6) is 0 Å². The zero-order valence-electron chi connectivity index (χ0n) is 14.8. The van der Waals surface area contributed by atoms with Gasteiger partial charge in [0.2, 0.25) is 5.91 Å². The first kappa shape index (κ1) is 19.2. The van der Waals surface area contributed by atoms with E-state index >= 15 is 0 Å². The fraction of sp³-hybridized carbons (Fsp3) is 0.500. The van der Waals surface area contributed by atoms with E-state index in [0.717, 1.165) is 11.0 Å². The number of thioether (sulfide) groups is 1. The molecule has 9 heteroatoms. The Balaban J connectivity index is 2.58. The van der Waals surface area contributed by atoms with Crippen LogP contribution >= 0.6 is 11.8 Å². The third-order valence-electron chi connectivity index (χ3n) is 3.71. The van der Waals surface area contributed by atoms with Crippen LogP contribution in [-0.2, 0) is 30.2 Å². The molecule has 0 aliphatic carbocycles. The van der Waals surface area contributed by atoms with Crippen LogP contribution in [0.3, 0.4) is 0 Å². The molecule has 0 saturated heterocycles. The predicted molar refractivity (Wildman–Crippen MR) is 97.0 cm³/mol. The summed E-state index contributed by atoms with van der Waals surface area (Å²) in [6.45, 7) is 2.84. The molecule has 0 bridgehead atoms. The molecular weight excluding hydrogens is 344 g/mol. The summed E-state index contributed by atoms with van der Waals surface area (Å²) in [4.78, 5) is 41.6. The largest absolute Gasteiger partial charge is 0.380 e. The third kappa shape index (κ3) is 3.93. The molecule has 2 aromatic rings. The molecule has 0 aromatic carbocycles. The monoisotopic (exact) mass is 366 g/mol. The number of aromatic nitrogens is 3. The van der Waals surface area contributed by atoms with E-state index in [0.29, 0.717) is 28.0 Å². The van der Waals surface area contributed by atoms with Gasteiger partial charge in [0, 0.05) is 44.4 Å². The van der Waals surface area contributed by atoms with Crippen molar-refractivity contribution in [2.45, 2.75) is 24.8 Å². The van der Waals surface area contributed by atoms with E-state index in [2.05, 4.69) is 10.3 Å². The zero-order valence-corrected chi connectivity index (χ0v) is 15.6. The fourth-order valence-corrected chi connectivity index (χ4v) is 3.42. The minimum atomic E-state index is -0.443. The Bertz CT molecular complexity index is 904. The summed E-state index contributed by atoms with van der Waals surface area (Å²) in [6, 6.07) is 0. The van der Waals surface area contributed by atoms with Crippen LogP contribution < -0.4 is 16.6 Å². The van der Waals surface area contributed by atoms with E-state index in [1.165, 1.54) is 23.4 Å². The van der Waals surface area contributed by atoms with E-state index in [1.807, 2.05) is 6.92 Å². The molecule has 0 atom stereocenters. The number of ether oxygens (including phenoxy) is 1. The number of fused-ring (bicyclic) bond motifs is 1. The second-order valence-corrected chi connectivity index (χ2v) is 6.57. The highest BCUT2D eigenvalue weighted by atomic mass is 32.2. The normalized spacial score (nSPS) is 11.0. The lowest BCUT2D eigenvalue weighted by molar-refractivity contribution is -0.118. The average Bonchev–Trinajstić information content (AvgIpc) is 2.61. The first-order valence-corrected chi connectivity index (χ1v) is 8.86. The topological polar surface area (TPSA) is 95.2 Å². The number of nitrogens with one attached hydrogen (secondary N) is 1. The lowest BCUT2D eigenvalue weighted by Gasteiger charge is -2.14. The molecule has 1 N–H and O–H groups in total. The molecule has 0 aliphatic heterocycles. The van der Waals surface area contributed by atoms with Crippen molar-refractivity contribution >= 4 is 28.7 Å². The van der Waals surface area contributed by atoms with Crippen molar-refractivity contribution in [2.24, 2.45) is 14.1 Å². The van der Waals surface area contributed by atoms with E-state index in [-0.39, 0.29) is 18.3 Å². The Kier molecular flexibility index (Phi) is 6.38. The van der Waals surface area contributed by atoms with Gasteiger partial charge >= 0.3 is 5.69 Å². The lowest BCUT2D eigenvalue weighted by Crippen LogP contribution is -2.37. The molecular formula is C16H22N4O4S. The highest BCUT2D eigenvalue weighted by molar-refractivity contribution is 8.00. The standard InChI is InChI=1S/C16H22N4O4S/c1-5-6-17-11(21)9-25-13-10(8-24-4)7-18-14-12(13)15(22)20(3)16(23)19(14)2/h7H,5-6,8-9H2,1-4H3,(H,17,21). The molecule has 2 heterocycles. The van der Waals surface area contributed by atoms with Crippen molar-refractivity contribution < 1.29 is 9.53 Å². The average molecular weight is 366 g/mol. The molecule has 136 valence electrons. The predicted octanol–water partition coefficient (Wildman–Crippen LogP) is 0.397. The summed E-state index contributed by atoms with van der Waals surface area (Å²) in [7, 11) is 4.54. The van der Waals surface area contributed by atoms with Crippen LogP contribution in [0.2, 0.25) is 0 Å². The number of carbonyl (C=O) groups is 1. The van der Waals surface area contributed by atoms with E-state index in [1.54, 1.807) is 20.4 Å². The van der Waals surface area contributed by atoms with Crippen LogP contribution in [0.15, 0.2) is 20.7 Å². The second-order valence-electron chi connectivity index (χ2n) is 5.59. The Morgan fingerprint density at radius 3 is 2.68 bits per heavy atom. The number of amides is 1. The highest BCUT2D eigenvalue weighted by Crippen LogP contribution is 2.28. The third-order valence-corrected chi connectivity index (χ3v) is 4.88. The summed E-state index contributed by atoms with van der Waals surface area (Å²) < 4.78 is 7.55. The maximum Gasteiger partial charge on any atom is 0.332 e. The van der Waals surface area contributed by atoms with Gasteiger partial charge < -0.3 is 10.1 Å². The lowest BCUT2D eigenvalue weighted by atomic mass is 10.2. The van der Waals surface area contributed by atoms with Gasteiger partial charge in [-0.3, -0.25) is 18.7 Å². The van der Waals surface area contributed by atoms with E-state index in [4.69, 9.17) is 4.74 Å². The fourth-order valence-electron chi connectivity index (χ4n) is 2.42. The Morgan fingerprint density at radius 1 is 1.32 bits per heavy atom. The Hall–Kier alpha value is -2.13. The molecule has 8 nitrogen and oxygen atoms in total. The van der Waals surface area contributed by atoms with Crippen LogP contribution in [0.4, 0.5) is 0 Å². The van der Waals surface area contributed by atoms with Gasteiger partial charge in [-0.2, -0.15) is 0 Å². The van der Waals surface area contributed by atoms with Gasteiger partial charge in [0.15, 0.2) is 0 Å². The molecule has 0 radical (unpaired) electrons. The molecule has 0 saturated carbocycles. The molecule has 0 fully saturated rings. The van der Waals surface area contributed by atoms with Gasteiger partial charge in [0.1, 0.15) is 5.65 Å². The summed E-state index contributed by atoms with van der Waals surface area (Å²) in [6.07, 6.45) is 2.43. The number of hydrogen-bond acceptors (Lipinski definition) is 6. The summed E-state index contributed by atoms with van der Waals surface area (Å²) in [5.41, 5.74) is 0.129. The maximum atomic E-state index is 12.7. The molecule has 0 spiro atoms. The highest BCUT2D eigenvalue weighted by Gasteiger charge is 2.18. The minimum Gasteiger partial charge on any atom is -0.380 e. The van der Waals surface area contributed by atoms with Crippen LogP contribution in [0.1, 0.15) is 18.9 Å². The summed E-state index contributed by atoms with van der Waals surface area (Å²) >= 11 is 1.25. The van der Waals surface area contributed by atoms with Crippen LogP contribution in [0, 0.1) is 0 Å². The molecule has 0 unspecified atom stereocenters. The zero-order chi connectivity index (χ0) is 18.6. The van der Waals surface area contributed by atoms with Gasteiger partial charge in [-0.15, -0.1) is 11.8 Å². The van der Waals surface area contributed by atoms with Gasteiger partial charge in [-0.05, 0) is 6.42 Å². The smallest absolute Gasteiger partial charge is 0.332 e. The van der Waals surface area contributed by atoms with Crippen LogP contribution in [-0.4, -0.2) is 39.4 Å². The quantitative estimate of drug-likeness (QED) is 0.713. The van der Waals surface area contributed by atoms with E-state index in [9.17, 15) is 14.4 Å². The maximum absolute atomic E-state index is 12.7. The van der Waals surface area contributed by atoms with Gasteiger partial charge in [0.25, 0.3) is 5.56 Å². The summed E-state index contributed by atoms with van der Waals surface area (Å²) in [5, 5.41) is 3.13. The van der Waals surface area contributed by atoms with Crippen LogP contribution in [0.25, 0.3) is 11.0 Å².